The van der Waals surface area contributed by atoms with Crippen LogP contribution < -0.4 is 5.32 Å². The molecule has 0 saturated carbocycles. The highest BCUT2D eigenvalue weighted by atomic mass is 16.4. The van der Waals surface area contributed by atoms with Crippen molar-refractivity contribution in [3.63, 3.8) is 0 Å². The number of hydrogen-bond acceptors (Lipinski definition) is 4. The smallest absolute Gasteiger partial charge is 0.356 e. The van der Waals surface area contributed by atoms with E-state index in [1.807, 2.05) is 20.2 Å². The van der Waals surface area contributed by atoms with Gasteiger partial charge in [0.05, 0.1) is 0 Å². The van der Waals surface area contributed by atoms with Gasteiger partial charge in [-0.1, -0.05) is 6.07 Å². The largest absolute Gasteiger partial charge is 0.476 e. The molecule has 6 heteroatoms. The minimum atomic E-state index is -0.992. The molecule has 0 atom stereocenters. The summed E-state index contributed by atoms with van der Waals surface area (Å²) in [5.74, 6) is -0.590. The van der Waals surface area contributed by atoms with Crippen LogP contribution in [0.1, 0.15) is 24.3 Å². The molecule has 2 aromatic heterocycles. The van der Waals surface area contributed by atoms with E-state index in [2.05, 4.69) is 29.0 Å². The van der Waals surface area contributed by atoms with E-state index in [1.165, 1.54) is 0 Å². The van der Waals surface area contributed by atoms with Crippen LogP contribution in [-0.4, -0.2) is 51.5 Å². The molecule has 20 heavy (non-hydrogen) atoms. The normalized spacial score (nSPS) is 12.1. The fourth-order valence-electron chi connectivity index (χ4n) is 1.78. The molecule has 0 bridgehead atoms. The number of nitrogens with zero attached hydrogens (tertiary/aromatic N) is 3. The van der Waals surface area contributed by atoms with E-state index in [4.69, 9.17) is 0 Å². The summed E-state index contributed by atoms with van der Waals surface area (Å²) < 4.78 is 1.58. The van der Waals surface area contributed by atoms with E-state index >= 15 is 0 Å². The number of aromatic nitrogens is 2. The zero-order chi connectivity index (χ0) is 14.9. The Morgan fingerprint density at radius 1 is 1.45 bits per heavy atom. The van der Waals surface area contributed by atoms with Gasteiger partial charge in [-0.3, -0.25) is 4.40 Å². The number of nitrogens with one attached hydrogen (secondary N) is 1. The number of aromatic carboxylic acids is 1. The third kappa shape index (κ3) is 2.60. The Morgan fingerprint density at radius 3 is 2.75 bits per heavy atom. The van der Waals surface area contributed by atoms with Gasteiger partial charge in [0.1, 0.15) is 5.65 Å². The van der Waals surface area contributed by atoms with Gasteiger partial charge in [-0.05, 0) is 40.1 Å². The standard InChI is InChI=1S/C14H20N4O2/c1-14(2,17(3)4)9-15-12-11(13(19)20)18-8-6-5-7-10(18)16-12/h5-8,15H,9H2,1-4H3,(H,19,20). The lowest BCUT2D eigenvalue weighted by Gasteiger charge is -2.32. The first-order valence-electron chi connectivity index (χ1n) is 6.44. The molecular weight excluding hydrogens is 256 g/mol. The second-order valence-corrected chi connectivity index (χ2v) is 5.60. The van der Waals surface area contributed by atoms with E-state index in [0.29, 0.717) is 18.0 Å². The molecule has 0 aliphatic carbocycles. The fourth-order valence-corrected chi connectivity index (χ4v) is 1.78. The summed E-state index contributed by atoms with van der Waals surface area (Å²) in [6.07, 6.45) is 1.70. The molecule has 0 saturated heterocycles. The second kappa shape index (κ2) is 5.13. The van der Waals surface area contributed by atoms with E-state index < -0.39 is 5.97 Å². The maximum Gasteiger partial charge on any atom is 0.356 e. The summed E-state index contributed by atoms with van der Waals surface area (Å²) >= 11 is 0. The number of fused-ring (bicyclic) bond motifs is 1. The highest BCUT2D eigenvalue weighted by Gasteiger charge is 2.23. The average molecular weight is 276 g/mol. The Morgan fingerprint density at radius 2 is 2.15 bits per heavy atom. The highest BCUT2D eigenvalue weighted by molar-refractivity contribution is 5.92. The minimum Gasteiger partial charge on any atom is -0.476 e. The Bertz CT molecular complexity index is 631. The zero-order valence-corrected chi connectivity index (χ0v) is 12.2. The summed E-state index contributed by atoms with van der Waals surface area (Å²) in [6, 6.07) is 5.41. The number of carboxylic acid groups (broad SMARTS) is 1. The Hall–Kier alpha value is -2.08. The van der Waals surface area contributed by atoms with Crippen LogP contribution in [0.4, 0.5) is 5.82 Å². The van der Waals surface area contributed by atoms with Crippen molar-refractivity contribution >= 4 is 17.4 Å². The molecule has 0 amide bonds. The lowest BCUT2D eigenvalue weighted by atomic mass is 10.0. The highest BCUT2D eigenvalue weighted by Crippen LogP contribution is 2.19. The van der Waals surface area contributed by atoms with E-state index in [0.717, 1.165) is 0 Å². The van der Waals surface area contributed by atoms with Gasteiger partial charge >= 0.3 is 5.97 Å². The number of hydrogen-bond donors (Lipinski definition) is 2. The first-order chi connectivity index (χ1) is 9.33. The summed E-state index contributed by atoms with van der Waals surface area (Å²) in [7, 11) is 3.98. The third-order valence-electron chi connectivity index (χ3n) is 3.63. The van der Waals surface area contributed by atoms with Crippen molar-refractivity contribution in [2.24, 2.45) is 0 Å². The molecule has 0 aliphatic heterocycles. The Kier molecular flexibility index (Phi) is 3.67. The van der Waals surface area contributed by atoms with Crippen molar-refractivity contribution in [2.45, 2.75) is 19.4 Å². The molecule has 0 unspecified atom stereocenters. The van der Waals surface area contributed by atoms with Crippen LogP contribution in [0.25, 0.3) is 5.65 Å². The number of carbonyl (C=O) groups is 1. The second-order valence-electron chi connectivity index (χ2n) is 5.60. The molecule has 0 radical (unpaired) electrons. The van der Waals surface area contributed by atoms with Gasteiger partial charge in [0.2, 0.25) is 0 Å². The number of anilines is 1. The molecule has 2 rings (SSSR count). The third-order valence-corrected chi connectivity index (χ3v) is 3.63. The first kappa shape index (κ1) is 14.3. The first-order valence-corrected chi connectivity index (χ1v) is 6.44. The molecule has 6 nitrogen and oxygen atoms in total. The van der Waals surface area contributed by atoms with Gasteiger partial charge in [-0.15, -0.1) is 0 Å². The predicted molar refractivity (Wildman–Crippen MR) is 78.4 cm³/mol. The number of pyridine rings is 1. The molecular formula is C14H20N4O2. The van der Waals surface area contributed by atoms with Crippen LogP contribution in [0.3, 0.4) is 0 Å². The summed E-state index contributed by atoms with van der Waals surface area (Å²) in [4.78, 5) is 17.9. The topological polar surface area (TPSA) is 69.9 Å². The molecule has 2 N–H and O–H groups in total. The van der Waals surface area contributed by atoms with Gasteiger partial charge in [-0.25, -0.2) is 9.78 Å². The number of imidazole rings is 1. The average Bonchev–Trinajstić information content (AvgIpc) is 2.74. The van der Waals surface area contributed by atoms with E-state index in [-0.39, 0.29) is 11.2 Å². The van der Waals surface area contributed by atoms with Crippen LogP contribution in [0, 0.1) is 0 Å². The number of carboxylic acids is 1. The van der Waals surface area contributed by atoms with Crippen molar-refractivity contribution in [3.05, 3.63) is 30.1 Å². The van der Waals surface area contributed by atoms with Crippen molar-refractivity contribution < 1.29 is 9.90 Å². The van der Waals surface area contributed by atoms with Crippen molar-refractivity contribution in [3.8, 4) is 0 Å². The number of rotatable bonds is 5. The van der Waals surface area contributed by atoms with Crippen LogP contribution in [-0.2, 0) is 0 Å². The fraction of sp³-hybridized carbons (Fsp3) is 0.429. The van der Waals surface area contributed by atoms with Crippen LogP contribution >= 0.6 is 0 Å². The zero-order valence-electron chi connectivity index (χ0n) is 12.2. The van der Waals surface area contributed by atoms with Gasteiger partial charge in [0.15, 0.2) is 11.5 Å². The lowest BCUT2D eigenvalue weighted by molar-refractivity contribution is 0.0690. The quantitative estimate of drug-likeness (QED) is 0.871. The van der Waals surface area contributed by atoms with Crippen molar-refractivity contribution in [1.82, 2.24) is 14.3 Å². The molecule has 2 aromatic rings. The monoisotopic (exact) mass is 276 g/mol. The lowest BCUT2D eigenvalue weighted by Crippen LogP contribution is -2.44. The van der Waals surface area contributed by atoms with Gasteiger partial charge in [0.25, 0.3) is 0 Å². The molecule has 0 aromatic carbocycles. The maximum atomic E-state index is 11.4. The Labute approximate surface area is 118 Å². The number of likely N-dealkylation sites (N-methyl/N-ethyl adjacent to an activating group) is 1. The van der Waals surface area contributed by atoms with Crippen LogP contribution in [0.2, 0.25) is 0 Å². The van der Waals surface area contributed by atoms with Crippen LogP contribution in [0.15, 0.2) is 24.4 Å². The van der Waals surface area contributed by atoms with Gasteiger partial charge in [0, 0.05) is 18.3 Å². The van der Waals surface area contributed by atoms with E-state index in [1.54, 1.807) is 22.7 Å². The Balaban J connectivity index is 2.35. The van der Waals surface area contributed by atoms with Gasteiger partial charge < -0.3 is 15.3 Å². The summed E-state index contributed by atoms with van der Waals surface area (Å²) in [5.41, 5.74) is 0.677. The molecule has 2 heterocycles. The van der Waals surface area contributed by atoms with Crippen molar-refractivity contribution in [1.29, 1.82) is 0 Å². The molecule has 0 fully saturated rings. The maximum absolute atomic E-state index is 11.4. The van der Waals surface area contributed by atoms with Crippen LogP contribution in [0.5, 0.6) is 0 Å². The molecule has 0 spiro atoms. The summed E-state index contributed by atoms with van der Waals surface area (Å²) in [6.45, 7) is 4.76. The minimum absolute atomic E-state index is 0.106. The van der Waals surface area contributed by atoms with E-state index in [9.17, 15) is 9.90 Å². The van der Waals surface area contributed by atoms with Gasteiger partial charge in [-0.2, -0.15) is 0 Å². The van der Waals surface area contributed by atoms with Crippen molar-refractivity contribution in [2.75, 3.05) is 26.0 Å². The summed E-state index contributed by atoms with van der Waals surface area (Å²) in [5, 5.41) is 12.5. The molecule has 0 aliphatic rings. The molecule has 108 valence electrons. The predicted octanol–water partition coefficient (Wildman–Crippen LogP) is 1.78. The SMILES string of the molecule is CN(C)C(C)(C)CNc1nc2ccccn2c1C(=O)O.